The van der Waals surface area contributed by atoms with Crippen molar-refractivity contribution in [2.45, 2.75) is 51.5 Å². The molecule has 0 saturated heterocycles. The van der Waals surface area contributed by atoms with Gasteiger partial charge in [0.15, 0.2) is 0 Å². The Labute approximate surface area is 168 Å². The first-order valence-corrected chi connectivity index (χ1v) is 9.73. The number of aromatic nitrogens is 2. The van der Waals surface area contributed by atoms with E-state index in [0.29, 0.717) is 17.1 Å². The van der Waals surface area contributed by atoms with Crippen LogP contribution in [0.2, 0.25) is 0 Å². The van der Waals surface area contributed by atoms with Crippen LogP contribution in [0.25, 0.3) is 0 Å². The Morgan fingerprint density at radius 3 is 2.66 bits per heavy atom. The molecule has 1 saturated carbocycles. The second kappa shape index (κ2) is 9.07. The number of rotatable bonds is 9. The predicted octanol–water partition coefficient (Wildman–Crippen LogP) is 3.73. The molecule has 3 rings (SSSR count). The van der Waals surface area contributed by atoms with Gasteiger partial charge in [0, 0.05) is 49.0 Å². The van der Waals surface area contributed by atoms with Crippen molar-refractivity contribution >= 4 is 17.6 Å². The molecular weight excluding hydrogens is 378 g/mol. The van der Waals surface area contributed by atoms with Crippen LogP contribution in [0.4, 0.5) is 14.6 Å². The number of hydrogen-bond donors (Lipinski definition) is 2. The fraction of sp³-hybridized carbons (Fsp3) is 0.429. The quantitative estimate of drug-likeness (QED) is 0.669. The molecule has 2 amide bonds. The second-order valence-electron chi connectivity index (χ2n) is 7.24. The zero-order valence-corrected chi connectivity index (χ0v) is 16.3. The number of pyridine rings is 2. The summed E-state index contributed by atoms with van der Waals surface area (Å²) in [5.41, 5.74) is 1.75. The summed E-state index contributed by atoms with van der Waals surface area (Å²) in [6.07, 6.45) is 4.62. The first kappa shape index (κ1) is 20.8. The standard InChI is InChI=1S/C21H24F2N4O2/c1-2-21(22,23)9-7-17-6-3-14(12-25-17)13-26-19(28)16-8-10-24-18(11-16)27-20(29)15-4-5-15/h3,6,8,10-12,15H,2,4-5,7,9,13H2,1H3,(H,26,28)(H,24,27,29). The number of anilines is 1. The van der Waals surface area contributed by atoms with Crippen molar-refractivity contribution in [3.05, 3.63) is 53.5 Å². The van der Waals surface area contributed by atoms with Crippen LogP contribution in [0.15, 0.2) is 36.7 Å². The van der Waals surface area contributed by atoms with Gasteiger partial charge in [-0.2, -0.15) is 0 Å². The van der Waals surface area contributed by atoms with Gasteiger partial charge in [-0.3, -0.25) is 14.6 Å². The monoisotopic (exact) mass is 402 g/mol. The number of halogens is 2. The van der Waals surface area contributed by atoms with Crippen molar-refractivity contribution in [3.63, 3.8) is 0 Å². The van der Waals surface area contributed by atoms with Crippen LogP contribution in [0.1, 0.15) is 54.2 Å². The van der Waals surface area contributed by atoms with E-state index in [0.717, 1.165) is 18.4 Å². The molecule has 2 heterocycles. The zero-order valence-electron chi connectivity index (χ0n) is 16.3. The van der Waals surface area contributed by atoms with Crippen LogP contribution in [-0.2, 0) is 17.8 Å². The molecule has 29 heavy (non-hydrogen) atoms. The molecular formula is C21H24F2N4O2. The summed E-state index contributed by atoms with van der Waals surface area (Å²) >= 11 is 0. The topological polar surface area (TPSA) is 84.0 Å². The van der Waals surface area contributed by atoms with Crippen LogP contribution >= 0.6 is 0 Å². The highest BCUT2D eigenvalue weighted by Gasteiger charge is 2.30. The van der Waals surface area contributed by atoms with Crippen molar-refractivity contribution in [3.8, 4) is 0 Å². The zero-order chi connectivity index (χ0) is 20.9. The first-order chi connectivity index (χ1) is 13.9. The molecule has 0 spiro atoms. The van der Waals surface area contributed by atoms with Gasteiger partial charge >= 0.3 is 0 Å². The van der Waals surface area contributed by atoms with Gasteiger partial charge in [-0.1, -0.05) is 13.0 Å². The van der Waals surface area contributed by atoms with Crippen molar-refractivity contribution in [1.29, 1.82) is 0 Å². The molecule has 2 aromatic heterocycles. The molecule has 0 radical (unpaired) electrons. The minimum Gasteiger partial charge on any atom is -0.348 e. The average molecular weight is 402 g/mol. The molecule has 0 atom stereocenters. The number of nitrogens with one attached hydrogen (secondary N) is 2. The molecule has 1 aliphatic rings. The Morgan fingerprint density at radius 2 is 2.00 bits per heavy atom. The smallest absolute Gasteiger partial charge is 0.251 e. The van der Waals surface area contributed by atoms with E-state index in [1.807, 2.05) is 0 Å². The average Bonchev–Trinajstić information content (AvgIpc) is 3.57. The van der Waals surface area contributed by atoms with E-state index in [1.165, 1.54) is 19.2 Å². The summed E-state index contributed by atoms with van der Waals surface area (Å²) in [4.78, 5) is 32.4. The van der Waals surface area contributed by atoms with Crippen molar-refractivity contribution in [2.24, 2.45) is 5.92 Å². The third kappa shape index (κ3) is 6.30. The van der Waals surface area contributed by atoms with Gasteiger partial charge < -0.3 is 10.6 Å². The fourth-order valence-electron chi connectivity index (χ4n) is 2.69. The molecule has 0 unspecified atom stereocenters. The highest BCUT2D eigenvalue weighted by Crippen LogP contribution is 2.30. The number of carbonyl (C=O) groups is 2. The summed E-state index contributed by atoms with van der Waals surface area (Å²) in [6, 6.07) is 6.56. The maximum Gasteiger partial charge on any atom is 0.251 e. The maximum absolute atomic E-state index is 13.3. The Kier molecular flexibility index (Phi) is 6.51. The normalized spacial score (nSPS) is 13.8. The van der Waals surface area contributed by atoms with Crippen LogP contribution in [0.3, 0.4) is 0 Å². The summed E-state index contributed by atoms with van der Waals surface area (Å²) < 4.78 is 26.7. The lowest BCUT2D eigenvalue weighted by Crippen LogP contribution is -2.23. The molecule has 154 valence electrons. The van der Waals surface area contributed by atoms with E-state index >= 15 is 0 Å². The fourth-order valence-corrected chi connectivity index (χ4v) is 2.69. The molecule has 0 bridgehead atoms. The van der Waals surface area contributed by atoms with Crippen LogP contribution < -0.4 is 10.6 Å². The minimum atomic E-state index is -2.67. The van der Waals surface area contributed by atoms with Crippen molar-refractivity contribution in [1.82, 2.24) is 15.3 Å². The molecule has 1 fully saturated rings. The van der Waals surface area contributed by atoms with E-state index in [4.69, 9.17) is 0 Å². The Balaban J connectivity index is 1.50. The Hall–Kier alpha value is -2.90. The molecule has 1 aliphatic carbocycles. The number of amides is 2. The largest absolute Gasteiger partial charge is 0.348 e. The van der Waals surface area contributed by atoms with E-state index in [-0.39, 0.29) is 43.5 Å². The number of alkyl halides is 2. The lowest BCUT2D eigenvalue weighted by Gasteiger charge is -2.13. The van der Waals surface area contributed by atoms with E-state index < -0.39 is 5.92 Å². The Morgan fingerprint density at radius 1 is 1.21 bits per heavy atom. The lowest BCUT2D eigenvalue weighted by atomic mass is 10.1. The van der Waals surface area contributed by atoms with Gasteiger partial charge in [-0.25, -0.2) is 13.8 Å². The maximum atomic E-state index is 13.3. The van der Waals surface area contributed by atoms with Crippen molar-refractivity contribution < 1.29 is 18.4 Å². The summed E-state index contributed by atoms with van der Waals surface area (Å²) in [5, 5.41) is 5.49. The lowest BCUT2D eigenvalue weighted by molar-refractivity contribution is -0.117. The summed E-state index contributed by atoms with van der Waals surface area (Å²) in [5.74, 6) is -2.64. The van der Waals surface area contributed by atoms with E-state index in [2.05, 4.69) is 20.6 Å². The van der Waals surface area contributed by atoms with Crippen LogP contribution in [0, 0.1) is 5.92 Å². The van der Waals surface area contributed by atoms with Gasteiger partial charge in [0.05, 0.1) is 0 Å². The van der Waals surface area contributed by atoms with Crippen LogP contribution in [0.5, 0.6) is 0 Å². The third-order valence-electron chi connectivity index (χ3n) is 4.82. The summed E-state index contributed by atoms with van der Waals surface area (Å²) in [6.45, 7) is 1.72. The molecule has 6 nitrogen and oxygen atoms in total. The first-order valence-electron chi connectivity index (χ1n) is 9.73. The number of hydrogen-bond acceptors (Lipinski definition) is 4. The molecule has 0 aliphatic heterocycles. The minimum absolute atomic E-state index is 0.0537. The molecule has 8 heteroatoms. The van der Waals surface area contributed by atoms with Gasteiger partial charge in [0.1, 0.15) is 5.82 Å². The van der Waals surface area contributed by atoms with Gasteiger partial charge in [-0.05, 0) is 43.0 Å². The highest BCUT2D eigenvalue weighted by atomic mass is 19.3. The summed E-state index contributed by atoms with van der Waals surface area (Å²) in [7, 11) is 0. The molecule has 2 N–H and O–H groups in total. The SMILES string of the molecule is CCC(F)(F)CCc1ccc(CNC(=O)c2ccnc(NC(=O)C3CC3)c2)cn1. The second-order valence-corrected chi connectivity index (χ2v) is 7.24. The van der Waals surface area contributed by atoms with E-state index in [9.17, 15) is 18.4 Å². The van der Waals surface area contributed by atoms with Crippen LogP contribution in [-0.4, -0.2) is 27.7 Å². The number of nitrogens with zero attached hydrogens (tertiary/aromatic N) is 2. The molecule has 2 aromatic rings. The number of aryl methyl sites for hydroxylation is 1. The third-order valence-corrected chi connectivity index (χ3v) is 4.82. The molecule has 0 aromatic carbocycles. The highest BCUT2D eigenvalue weighted by molar-refractivity contribution is 5.97. The van der Waals surface area contributed by atoms with Gasteiger partial charge in [-0.15, -0.1) is 0 Å². The van der Waals surface area contributed by atoms with Gasteiger partial charge in [0.25, 0.3) is 5.91 Å². The van der Waals surface area contributed by atoms with Gasteiger partial charge in [0.2, 0.25) is 11.8 Å². The number of carbonyl (C=O) groups excluding carboxylic acids is 2. The predicted molar refractivity (Wildman–Crippen MR) is 105 cm³/mol. The Bertz CT molecular complexity index is 867. The van der Waals surface area contributed by atoms with E-state index in [1.54, 1.807) is 24.4 Å². The van der Waals surface area contributed by atoms with Crippen molar-refractivity contribution in [2.75, 3.05) is 5.32 Å².